The number of carbonyl (C=O) groups excluding carboxylic acids is 1. The largest absolute Gasteiger partial charge is 0.465 e. The van der Waals surface area contributed by atoms with Crippen molar-refractivity contribution in [1.29, 1.82) is 0 Å². The number of methoxy groups -OCH3 is 1. The minimum Gasteiger partial charge on any atom is -0.465 e. The molecule has 0 amide bonds. The maximum Gasteiger partial charge on any atom is 0.341 e. The molecule has 1 aliphatic carbocycles. The molecular weight excluding hydrogens is 511 g/mol. The molecule has 0 fully saturated rings. The van der Waals surface area contributed by atoms with Crippen molar-refractivity contribution in [2.75, 3.05) is 17.7 Å². The van der Waals surface area contributed by atoms with Crippen LogP contribution >= 0.6 is 23.6 Å². The lowest BCUT2D eigenvalue weighted by atomic mass is 10.1. The van der Waals surface area contributed by atoms with Gasteiger partial charge in [-0.3, -0.25) is 4.68 Å². The van der Waals surface area contributed by atoms with Crippen molar-refractivity contribution in [3.05, 3.63) is 62.9 Å². The number of nitrogens with zero attached hydrogens (tertiary/aromatic N) is 2. The van der Waals surface area contributed by atoms with Crippen LogP contribution in [0.2, 0.25) is 0 Å². The first-order chi connectivity index (χ1) is 16.7. The zero-order valence-corrected chi connectivity index (χ0v) is 19.9. The lowest BCUT2D eigenvalue weighted by molar-refractivity contribution is 0.0601. The van der Waals surface area contributed by atoms with Crippen molar-refractivity contribution in [2.45, 2.75) is 38.6 Å². The zero-order valence-electron chi connectivity index (χ0n) is 18.3. The number of hydrogen-bond acceptors (Lipinski definition) is 5. The molecule has 3 aromatic rings. The third-order valence-electron chi connectivity index (χ3n) is 5.54. The molecule has 0 radical (unpaired) electrons. The molecule has 0 atom stereocenters. The van der Waals surface area contributed by atoms with Gasteiger partial charge in [0.25, 0.3) is 0 Å². The molecule has 0 aliphatic heterocycles. The third-order valence-corrected chi connectivity index (χ3v) is 6.95. The van der Waals surface area contributed by atoms with Gasteiger partial charge in [0.1, 0.15) is 5.00 Å². The Labute approximate surface area is 206 Å². The van der Waals surface area contributed by atoms with E-state index in [-0.39, 0.29) is 10.9 Å². The van der Waals surface area contributed by atoms with Crippen LogP contribution in [0.1, 0.15) is 45.6 Å². The SMILES string of the molecule is COC(=O)c1c(NC(=S)Nc2ccn(Cc3c(F)c(F)c(F)c(F)c3F)n2)sc2c1CCCCC2. The Morgan fingerprint density at radius 2 is 1.71 bits per heavy atom. The number of thiophene rings is 1. The summed E-state index contributed by atoms with van der Waals surface area (Å²) in [6.07, 6.45) is 5.98. The van der Waals surface area contributed by atoms with E-state index >= 15 is 0 Å². The smallest absolute Gasteiger partial charge is 0.341 e. The van der Waals surface area contributed by atoms with Gasteiger partial charge in [-0.25, -0.2) is 26.7 Å². The minimum atomic E-state index is -2.22. The Morgan fingerprint density at radius 3 is 2.40 bits per heavy atom. The number of aryl methyl sites for hydroxylation is 1. The number of nitrogens with one attached hydrogen (secondary N) is 2. The molecule has 1 aromatic carbocycles. The maximum atomic E-state index is 14.0. The fourth-order valence-corrected chi connectivity index (χ4v) is 5.42. The highest BCUT2D eigenvalue weighted by Gasteiger charge is 2.27. The van der Waals surface area contributed by atoms with Crippen molar-refractivity contribution in [3.63, 3.8) is 0 Å². The Kier molecular flexibility index (Phi) is 7.36. The van der Waals surface area contributed by atoms with E-state index in [0.717, 1.165) is 47.2 Å². The van der Waals surface area contributed by atoms with E-state index in [1.54, 1.807) is 0 Å². The van der Waals surface area contributed by atoms with Gasteiger partial charge in [0, 0.05) is 17.1 Å². The number of carbonyl (C=O) groups is 1. The summed E-state index contributed by atoms with van der Waals surface area (Å²) in [6.45, 7) is -0.697. The summed E-state index contributed by atoms with van der Waals surface area (Å²) in [6, 6.07) is 1.41. The molecule has 0 saturated heterocycles. The number of esters is 1. The van der Waals surface area contributed by atoms with Crippen molar-refractivity contribution < 1.29 is 31.5 Å². The van der Waals surface area contributed by atoms with Gasteiger partial charge in [-0.05, 0) is 43.5 Å². The third kappa shape index (κ3) is 5.01. The van der Waals surface area contributed by atoms with E-state index in [4.69, 9.17) is 17.0 Å². The van der Waals surface area contributed by atoms with Crippen LogP contribution in [0.4, 0.5) is 32.8 Å². The number of rotatable bonds is 5. The summed E-state index contributed by atoms with van der Waals surface area (Å²) >= 11 is 6.74. The van der Waals surface area contributed by atoms with Gasteiger partial charge in [0.05, 0.1) is 24.8 Å². The predicted octanol–water partition coefficient (Wildman–Crippen LogP) is 5.55. The van der Waals surface area contributed by atoms with Gasteiger partial charge in [0.15, 0.2) is 34.2 Å². The van der Waals surface area contributed by atoms with Crippen molar-refractivity contribution in [2.24, 2.45) is 0 Å². The Bertz CT molecular complexity index is 1280. The second kappa shape index (κ2) is 10.3. The lowest BCUT2D eigenvalue weighted by Gasteiger charge is -2.10. The van der Waals surface area contributed by atoms with Crippen LogP contribution in [-0.2, 0) is 24.1 Å². The van der Waals surface area contributed by atoms with Gasteiger partial charge in [-0.1, -0.05) is 6.42 Å². The normalized spacial score (nSPS) is 13.2. The van der Waals surface area contributed by atoms with E-state index in [2.05, 4.69) is 15.7 Å². The zero-order chi connectivity index (χ0) is 25.3. The summed E-state index contributed by atoms with van der Waals surface area (Å²) in [5, 5.41) is 10.4. The fourth-order valence-electron chi connectivity index (χ4n) is 3.87. The molecule has 0 bridgehead atoms. The van der Waals surface area contributed by atoms with Crippen LogP contribution in [0.15, 0.2) is 12.3 Å². The van der Waals surface area contributed by atoms with E-state index in [9.17, 15) is 26.7 Å². The van der Waals surface area contributed by atoms with E-state index in [1.165, 1.54) is 30.7 Å². The van der Waals surface area contributed by atoms with Crippen LogP contribution in [0.5, 0.6) is 0 Å². The molecule has 186 valence electrons. The highest BCUT2D eigenvalue weighted by atomic mass is 32.1. The predicted molar refractivity (Wildman–Crippen MR) is 124 cm³/mol. The van der Waals surface area contributed by atoms with Crippen LogP contribution in [-0.4, -0.2) is 28.0 Å². The lowest BCUT2D eigenvalue weighted by Crippen LogP contribution is -2.21. The maximum absolute atomic E-state index is 14.0. The van der Waals surface area contributed by atoms with Crippen molar-refractivity contribution in [3.8, 4) is 0 Å². The monoisotopic (exact) mass is 530 g/mol. The van der Waals surface area contributed by atoms with Gasteiger partial charge >= 0.3 is 5.97 Å². The van der Waals surface area contributed by atoms with Gasteiger partial charge in [-0.2, -0.15) is 5.10 Å². The van der Waals surface area contributed by atoms with E-state index < -0.39 is 47.2 Å². The fraction of sp³-hybridized carbons (Fsp3) is 0.318. The second-order valence-corrected chi connectivity index (χ2v) is 9.30. The Morgan fingerprint density at radius 1 is 1.06 bits per heavy atom. The number of halogens is 5. The number of ether oxygens (including phenoxy) is 1. The number of fused-ring (bicyclic) bond motifs is 1. The molecule has 1 aliphatic rings. The van der Waals surface area contributed by atoms with Crippen molar-refractivity contribution in [1.82, 2.24) is 9.78 Å². The first kappa shape index (κ1) is 25.0. The van der Waals surface area contributed by atoms with E-state index in [1.807, 2.05) is 0 Å². The van der Waals surface area contributed by atoms with Gasteiger partial charge in [-0.15, -0.1) is 11.3 Å². The first-order valence-corrected chi connectivity index (χ1v) is 11.8. The average Bonchev–Trinajstić information content (AvgIpc) is 3.34. The van der Waals surface area contributed by atoms with E-state index in [0.29, 0.717) is 10.6 Å². The summed E-state index contributed by atoms with van der Waals surface area (Å²) in [5.74, 6) is -10.4. The molecule has 2 aromatic heterocycles. The molecule has 4 rings (SSSR count). The standard InChI is InChI=1S/C22H19F5N4O2S2/c1-33-21(32)14-10-5-3-2-4-6-12(10)35-20(14)29-22(34)28-13-7-8-31(30-13)9-11-15(23)17(25)19(27)18(26)16(11)24/h7-8H,2-6,9H2,1H3,(H2,28,29,30,34). The molecule has 2 heterocycles. The first-order valence-electron chi connectivity index (χ1n) is 10.6. The molecule has 0 spiro atoms. The quantitative estimate of drug-likeness (QED) is 0.113. The summed E-state index contributed by atoms with van der Waals surface area (Å²) in [4.78, 5) is 13.5. The van der Waals surface area contributed by atoms with Gasteiger partial charge in [0.2, 0.25) is 5.82 Å². The minimum absolute atomic E-state index is 0.0908. The summed E-state index contributed by atoms with van der Waals surface area (Å²) in [7, 11) is 1.31. The van der Waals surface area contributed by atoms with Crippen LogP contribution in [0.3, 0.4) is 0 Å². The van der Waals surface area contributed by atoms with Crippen molar-refractivity contribution >= 4 is 45.5 Å². The number of thiocarbonyl (C=S) groups is 1. The number of aromatic nitrogens is 2. The highest BCUT2D eigenvalue weighted by molar-refractivity contribution is 7.80. The molecular formula is C22H19F5N4O2S2. The second-order valence-electron chi connectivity index (χ2n) is 7.79. The molecule has 6 nitrogen and oxygen atoms in total. The van der Waals surface area contributed by atoms with Crippen LogP contribution in [0, 0.1) is 29.1 Å². The van der Waals surface area contributed by atoms with Crippen LogP contribution < -0.4 is 10.6 Å². The molecule has 0 saturated carbocycles. The highest BCUT2D eigenvalue weighted by Crippen LogP contribution is 2.38. The Balaban J connectivity index is 1.50. The number of hydrogen-bond donors (Lipinski definition) is 2. The average molecular weight is 531 g/mol. The van der Waals surface area contributed by atoms with Gasteiger partial charge < -0.3 is 15.4 Å². The molecule has 13 heteroatoms. The summed E-state index contributed by atoms with van der Waals surface area (Å²) < 4.78 is 74.0. The molecule has 0 unspecified atom stereocenters. The molecule has 2 N–H and O–H groups in total. The number of benzene rings is 1. The molecule has 35 heavy (non-hydrogen) atoms. The van der Waals surface area contributed by atoms with Crippen LogP contribution in [0.25, 0.3) is 0 Å². The summed E-state index contributed by atoms with van der Waals surface area (Å²) in [5.41, 5.74) is 0.381. The number of anilines is 2. The topological polar surface area (TPSA) is 68.2 Å². The Hall–Kier alpha value is -3.06.